The van der Waals surface area contributed by atoms with Gasteiger partial charge in [-0.25, -0.2) is 10.3 Å². The average Bonchev–Trinajstić information content (AvgIpc) is 2.94. The summed E-state index contributed by atoms with van der Waals surface area (Å²) in [5.41, 5.74) is 5.47. The molecule has 9 heteroatoms. The molecule has 1 saturated heterocycles. The van der Waals surface area contributed by atoms with Crippen molar-refractivity contribution in [1.29, 1.82) is 0 Å². The molecule has 0 aliphatic carbocycles. The molecule has 2 N–H and O–H groups in total. The Labute approximate surface area is 168 Å². The van der Waals surface area contributed by atoms with Crippen molar-refractivity contribution in [3.63, 3.8) is 0 Å². The van der Waals surface area contributed by atoms with E-state index in [4.69, 9.17) is 16.3 Å². The van der Waals surface area contributed by atoms with Crippen molar-refractivity contribution in [3.05, 3.63) is 58.0 Å². The van der Waals surface area contributed by atoms with Crippen LogP contribution in [0.1, 0.15) is 6.42 Å². The molecule has 0 aromatic heterocycles. The molecule has 3 amide bonds. The zero-order valence-corrected chi connectivity index (χ0v) is 16.3. The van der Waals surface area contributed by atoms with Gasteiger partial charge in [0.2, 0.25) is 5.91 Å². The predicted octanol–water partition coefficient (Wildman–Crippen LogP) is 2.43. The summed E-state index contributed by atoms with van der Waals surface area (Å²) in [5.74, 6) is -0.761. The Morgan fingerprint density at radius 2 is 1.81 bits per heavy atom. The molecule has 2 aromatic carbocycles. The first kappa shape index (κ1) is 19.3. The van der Waals surface area contributed by atoms with E-state index < -0.39 is 17.9 Å². The van der Waals surface area contributed by atoms with Gasteiger partial charge in [0, 0.05) is 9.50 Å². The predicted molar refractivity (Wildman–Crippen MR) is 103 cm³/mol. The summed E-state index contributed by atoms with van der Waals surface area (Å²) in [6.45, 7) is -0.250. The van der Waals surface area contributed by atoms with Crippen LogP contribution < -0.4 is 20.5 Å². The van der Waals surface area contributed by atoms with Crippen molar-refractivity contribution in [2.45, 2.75) is 12.5 Å². The second-order valence-corrected chi connectivity index (χ2v) is 7.09. The molecule has 1 aliphatic heterocycles. The summed E-state index contributed by atoms with van der Waals surface area (Å²) in [7, 11) is 0. The molecular weight excluding hydrogens is 438 g/mol. The van der Waals surface area contributed by atoms with Crippen molar-refractivity contribution in [1.82, 2.24) is 10.9 Å². The SMILES string of the molecule is O=C(COc1ccc(Cl)cc1)NNC1CC(=O)N(c2ccc(Br)cc2)C1=O. The quantitative estimate of drug-likeness (QED) is 0.519. The van der Waals surface area contributed by atoms with E-state index >= 15 is 0 Å². The second kappa shape index (κ2) is 8.51. The summed E-state index contributed by atoms with van der Waals surface area (Å²) in [6.07, 6.45) is -0.0484. The van der Waals surface area contributed by atoms with Crippen LogP contribution in [0.3, 0.4) is 0 Å². The first-order valence-electron chi connectivity index (χ1n) is 7.99. The zero-order valence-electron chi connectivity index (χ0n) is 13.9. The van der Waals surface area contributed by atoms with Crippen LogP contribution >= 0.6 is 27.5 Å². The van der Waals surface area contributed by atoms with Gasteiger partial charge in [-0.2, -0.15) is 0 Å². The Kier molecular flexibility index (Phi) is 6.10. The van der Waals surface area contributed by atoms with E-state index in [0.29, 0.717) is 16.5 Å². The fourth-order valence-corrected chi connectivity index (χ4v) is 2.88. The number of carbonyl (C=O) groups excluding carboxylic acids is 3. The Bertz CT molecular complexity index is 858. The van der Waals surface area contributed by atoms with Gasteiger partial charge in [0.25, 0.3) is 11.8 Å². The summed E-state index contributed by atoms with van der Waals surface area (Å²) in [4.78, 5) is 37.6. The van der Waals surface area contributed by atoms with E-state index in [1.807, 2.05) is 0 Å². The average molecular weight is 453 g/mol. The van der Waals surface area contributed by atoms with Crippen LogP contribution in [0.2, 0.25) is 5.02 Å². The maximum Gasteiger partial charge on any atom is 0.272 e. The third kappa shape index (κ3) is 4.85. The van der Waals surface area contributed by atoms with Crippen LogP contribution in [0.5, 0.6) is 5.75 Å². The Morgan fingerprint density at radius 3 is 2.48 bits per heavy atom. The lowest BCUT2D eigenvalue weighted by Crippen LogP contribution is -2.49. The number of ether oxygens (including phenoxy) is 1. The Hall–Kier alpha value is -2.42. The molecule has 0 saturated carbocycles. The summed E-state index contributed by atoms with van der Waals surface area (Å²) in [5, 5.41) is 0.563. The van der Waals surface area contributed by atoms with Gasteiger partial charge in [-0.05, 0) is 48.5 Å². The van der Waals surface area contributed by atoms with Crippen molar-refractivity contribution in [3.8, 4) is 5.75 Å². The smallest absolute Gasteiger partial charge is 0.272 e. The molecule has 140 valence electrons. The number of hydrogen-bond donors (Lipinski definition) is 2. The molecule has 7 nitrogen and oxygen atoms in total. The lowest BCUT2D eigenvalue weighted by molar-refractivity contribution is -0.125. The fourth-order valence-electron chi connectivity index (χ4n) is 2.49. The first-order valence-corrected chi connectivity index (χ1v) is 9.16. The minimum atomic E-state index is -0.833. The second-order valence-electron chi connectivity index (χ2n) is 5.74. The highest BCUT2D eigenvalue weighted by Crippen LogP contribution is 2.24. The number of nitrogens with zero attached hydrogens (tertiary/aromatic N) is 1. The molecule has 27 heavy (non-hydrogen) atoms. The summed E-state index contributed by atoms with van der Waals surface area (Å²) < 4.78 is 6.15. The first-order chi connectivity index (χ1) is 12.9. The lowest BCUT2D eigenvalue weighted by Gasteiger charge is -2.16. The van der Waals surface area contributed by atoms with Crippen molar-refractivity contribution in [2.24, 2.45) is 0 Å². The van der Waals surface area contributed by atoms with Gasteiger partial charge in [0.15, 0.2) is 6.61 Å². The third-order valence-corrected chi connectivity index (χ3v) is 4.58. The number of carbonyl (C=O) groups is 3. The van der Waals surface area contributed by atoms with E-state index in [0.717, 1.165) is 9.37 Å². The molecule has 0 spiro atoms. The maximum atomic E-state index is 12.5. The summed E-state index contributed by atoms with van der Waals surface area (Å²) >= 11 is 9.08. The molecule has 1 fully saturated rings. The van der Waals surface area contributed by atoms with Gasteiger partial charge in [-0.15, -0.1) is 0 Å². The third-order valence-electron chi connectivity index (χ3n) is 3.80. The minimum absolute atomic E-state index is 0.0484. The van der Waals surface area contributed by atoms with Crippen molar-refractivity contribution >= 4 is 50.9 Å². The molecule has 1 aliphatic rings. The number of halogens is 2. The van der Waals surface area contributed by atoms with Crippen molar-refractivity contribution < 1.29 is 19.1 Å². The molecule has 0 bridgehead atoms. The fraction of sp³-hybridized carbons (Fsp3) is 0.167. The van der Waals surface area contributed by atoms with E-state index in [1.165, 1.54) is 0 Å². The maximum absolute atomic E-state index is 12.5. The van der Waals surface area contributed by atoms with E-state index in [2.05, 4.69) is 26.8 Å². The molecule has 3 rings (SSSR count). The van der Waals surface area contributed by atoms with Gasteiger partial charge in [-0.3, -0.25) is 19.8 Å². The number of anilines is 1. The number of benzene rings is 2. The Balaban J connectivity index is 1.51. The van der Waals surface area contributed by atoms with Crippen LogP contribution in [-0.2, 0) is 14.4 Å². The molecule has 0 radical (unpaired) electrons. The Morgan fingerprint density at radius 1 is 1.15 bits per heavy atom. The van der Waals surface area contributed by atoms with Gasteiger partial charge in [-0.1, -0.05) is 27.5 Å². The van der Waals surface area contributed by atoms with E-state index in [-0.39, 0.29) is 18.9 Å². The number of nitrogens with one attached hydrogen (secondary N) is 2. The number of rotatable bonds is 6. The summed E-state index contributed by atoms with van der Waals surface area (Å²) in [6, 6.07) is 12.6. The van der Waals surface area contributed by atoms with E-state index in [1.54, 1.807) is 48.5 Å². The minimum Gasteiger partial charge on any atom is -0.484 e. The van der Waals surface area contributed by atoms with Gasteiger partial charge < -0.3 is 4.74 Å². The number of imide groups is 1. The van der Waals surface area contributed by atoms with Crippen LogP contribution in [0.25, 0.3) is 0 Å². The number of hydrogen-bond acceptors (Lipinski definition) is 5. The number of hydrazine groups is 1. The molecular formula is C18H15BrClN3O4. The van der Waals surface area contributed by atoms with Crippen molar-refractivity contribution in [2.75, 3.05) is 11.5 Å². The van der Waals surface area contributed by atoms with Gasteiger partial charge in [0.1, 0.15) is 11.8 Å². The highest BCUT2D eigenvalue weighted by molar-refractivity contribution is 9.10. The standard InChI is InChI=1S/C18H15BrClN3O4/c19-11-1-5-13(6-2-11)23-17(25)9-15(18(23)26)21-22-16(24)10-27-14-7-3-12(20)4-8-14/h1-8,15,21H,9-10H2,(H,22,24). The largest absolute Gasteiger partial charge is 0.484 e. The lowest BCUT2D eigenvalue weighted by atomic mass is 10.2. The molecule has 1 heterocycles. The van der Waals surface area contributed by atoms with Crippen LogP contribution in [0.4, 0.5) is 5.69 Å². The number of amides is 3. The van der Waals surface area contributed by atoms with E-state index in [9.17, 15) is 14.4 Å². The van der Waals surface area contributed by atoms with Crippen LogP contribution in [-0.4, -0.2) is 30.4 Å². The monoisotopic (exact) mass is 451 g/mol. The van der Waals surface area contributed by atoms with Crippen LogP contribution in [0, 0.1) is 0 Å². The topological polar surface area (TPSA) is 87.7 Å². The highest BCUT2D eigenvalue weighted by atomic mass is 79.9. The zero-order chi connectivity index (χ0) is 19.4. The van der Waals surface area contributed by atoms with Gasteiger partial charge >= 0.3 is 0 Å². The highest BCUT2D eigenvalue weighted by Gasteiger charge is 2.39. The van der Waals surface area contributed by atoms with Crippen LogP contribution in [0.15, 0.2) is 53.0 Å². The normalized spacial score (nSPS) is 16.5. The molecule has 2 aromatic rings. The molecule has 1 atom stereocenters. The molecule has 1 unspecified atom stereocenters. The van der Waals surface area contributed by atoms with Gasteiger partial charge in [0.05, 0.1) is 12.1 Å².